The molecular formula is C15H20N2O. The van der Waals surface area contributed by atoms with E-state index in [-0.39, 0.29) is 0 Å². The Hall–Kier alpha value is -1.32. The van der Waals surface area contributed by atoms with Crippen molar-refractivity contribution >= 4 is 10.9 Å². The Morgan fingerprint density at radius 1 is 1.28 bits per heavy atom. The van der Waals surface area contributed by atoms with E-state index in [0.29, 0.717) is 6.04 Å². The molecule has 0 atom stereocenters. The van der Waals surface area contributed by atoms with Crippen LogP contribution in [0.3, 0.4) is 0 Å². The number of hydrogen-bond acceptors (Lipinski definition) is 2. The molecule has 3 heteroatoms. The van der Waals surface area contributed by atoms with Gasteiger partial charge in [0.25, 0.3) is 0 Å². The number of aryl methyl sites for hydroxylation is 1. The maximum atomic E-state index is 5.37. The maximum Gasteiger partial charge on any atom is 0.0480 e. The van der Waals surface area contributed by atoms with E-state index in [9.17, 15) is 0 Å². The molecule has 96 valence electrons. The van der Waals surface area contributed by atoms with Crippen LogP contribution in [0, 0.1) is 0 Å². The lowest BCUT2D eigenvalue weighted by Crippen LogP contribution is -2.34. The van der Waals surface area contributed by atoms with Gasteiger partial charge in [-0.25, -0.2) is 0 Å². The normalized spacial score (nSPS) is 17.4. The topological polar surface area (TPSA) is 26.2 Å². The molecule has 0 radical (unpaired) electrons. The van der Waals surface area contributed by atoms with Crippen molar-refractivity contribution < 1.29 is 4.74 Å². The Kier molecular flexibility index (Phi) is 3.35. The van der Waals surface area contributed by atoms with Gasteiger partial charge in [-0.3, -0.25) is 0 Å². The third-order valence-electron chi connectivity index (χ3n) is 3.77. The number of rotatable bonds is 3. The molecule has 0 unspecified atom stereocenters. The van der Waals surface area contributed by atoms with E-state index >= 15 is 0 Å². The highest BCUT2D eigenvalue weighted by atomic mass is 16.5. The molecule has 0 aliphatic carbocycles. The fraction of sp³-hybridized carbons (Fsp3) is 0.467. The molecule has 18 heavy (non-hydrogen) atoms. The predicted molar refractivity (Wildman–Crippen MR) is 73.6 cm³/mol. The molecule has 0 spiro atoms. The van der Waals surface area contributed by atoms with E-state index < -0.39 is 0 Å². The number of nitrogens with zero attached hydrogens (tertiary/aromatic N) is 1. The van der Waals surface area contributed by atoms with Crippen LogP contribution < -0.4 is 5.32 Å². The lowest BCUT2D eigenvalue weighted by Gasteiger charge is -2.23. The van der Waals surface area contributed by atoms with Crippen LogP contribution in [0.2, 0.25) is 0 Å². The summed E-state index contributed by atoms with van der Waals surface area (Å²) in [7, 11) is 2.10. The molecule has 0 bridgehead atoms. The fourth-order valence-corrected chi connectivity index (χ4v) is 2.58. The van der Waals surface area contributed by atoms with Crippen molar-refractivity contribution in [1.82, 2.24) is 9.88 Å². The second kappa shape index (κ2) is 5.12. The smallest absolute Gasteiger partial charge is 0.0480 e. The number of nitrogens with one attached hydrogen (secondary N) is 1. The summed E-state index contributed by atoms with van der Waals surface area (Å²) in [5.74, 6) is 0. The number of aromatic nitrogens is 1. The molecule has 1 saturated heterocycles. The molecule has 1 aliphatic heterocycles. The van der Waals surface area contributed by atoms with Crippen molar-refractivity contribution in [3.8, 4) is 0 Å². The minimum absolute atomic E-state index is 0.614. The summed E-state index contributed by atoms with van der Waals surface area (Å²) >= 11 is 0. The largest absolute Gasteiger partial charge is 0.381 e. The van der Waals surface area contributed by atoms with Gasteiger partial charge in [-0.15, -0.1) is 0 Å². The van der Waals surface area contributed by atoms with Crippen LogP contribution >= 0.6 is 0 Å². The SMILES string of the molecule is Cn1ccc2ccc(CNC3CCOCC3)cc21. The third-order valence-corrected chi connectivity index (χ3v) is 3.77. The van der Waals surface area contributed by atoms with Crippen LogP contribution in [0.4, 0.5) is 0 Å². The van der Waals surface area contributed by atoms with Crippen LogP contribution in [0.5, 0.6) is 0 Å². The van der Waals surface area contributed by atoms with Gasteiger partial charge in [0, 0.05) is 44.6 Å². The Morgan fingerprint density at radius 3 is 2.94 bits per heavy atom. The molecule has 2 aromatic rings. The Balaban J connectivity index is 1.68. The minimum atomic E-state index is 0.614. The molecule has 1 N–H and O–H groups in total. The molecule has 1 aliphatic rings. The van der Waals surface area contributed by atoms with Gasteiger partial charge in [0.2, 0.25) is 0 Å². The van der Waals surface area contributed by atoms with Gasteiger partial charge in [-0.1, -0.05) is 12.1 Å². The average molecular weight is 244 g/mol. The van der Waals surface area contributed by atoms with E-state index in [4.69, 9.17) is 4.74 Å². The third kappa shape index (κ3) is 2.42. The van der Waals surface area contributed by atoms with Crippen molar-refractivity contribution in [2.75, 3.05) is 13.2 Å². The van der Waals surface area contributed by atoms with Crippen molar-refractivity contribution in [3.05, 3.63) is 36.0 Å². The summed E-state index contributed by atoms with van der Waals surface area (Å²) < 4.78 is 7.55. The highest BCUT2D eigenvalue weighted by Gasteiger charge is 2.12. The monoisotopic (exact) mass is 244 g/mol. The summed E-state index contributed by atoms with van der Waals surface area (Å²) in [6.07, 6.45) is 4.37. The van der Waals surface area contributed by atoms with Crippen molar-refractivity contribution in [3.63, 3.8) is 0 Å². The molecular weight excluding hydrogens is 224 g/mol. The van der Waals surface area contributed by atoms with Crippen LogP contribution in [-0.4, -0.2) is 23.8 Å². The Morgan fingerprint density at radius 2 is 2.11 bits per heavy atom. The minimum Gasteiger partial charge on any atom is -0.381 e. The van der Waals surface area contributed by atoms with Gasteiger partial charge in [0.05, 0.1) is 0 Å². The maximum absolute atomic E-state index is 5.37. The molecule has 0 amide bonds. The summed E-state index contributed by atoms with van der Waals surface area (Å²) in [4.78, 5) is 0. The van der Waals surface area contributed by atoms with Crippen LogP contribution in [0.15, 0.2) is 30.5 Å². The van der Waals surface area contributed by atoms with Gasteiger partial charge < -0.3 is 14.6 Å². The standard InChI is InChI=1S/C15H20N2O/c1-17-7-4-13-3-2-12(10-15(13)17)11-16-14-5-8-18-9-6-14/h2-4,7,10,14,16H,5-6,8-9,11H2,1H3. The van der Waals surface area contributed by atoms with Gasteiger partial charge >= 0.3 is 0 Å². The van der Waals surface area contributed by atoms with E-state index in [0.717, 1.165) is 32.6 Å². The van der Waals surface area contributed by atoms with E-state index in [1.54, 1.807) is 0 Å². The lowest BCUT2D eigenvalue weighted by atomic mass is 10.1. The molecule has 1 fully saturated rings. The first-order valence-corrected chi connectivity index (χ1v) is 6.68. The molecule has 3 nitrogen and oxygen atoms in total. The molecule has 1 aromatic heterocycles. The van der Waals surface area contributed by atoms with Gasteiger partial charge in [-0.2, -0.15) is 0 Å². The number of hydrogen-bond donors (Lipinski definition) is 1. The summed E-state index contributed by atoms with van der Waals surface area (Å²) in [6, 6.07) is 9.47. The van der Waals surface area contributed by atoms with Gasteiger partial charge in [0.1, 0.15) is 0 Å². The highest BCUT2D eigenvalue weighted by Crippen LogP contribution is 2.17. The highest BCUT2D eigenvalue weighted by molar-refractivity contribution is 5.80. The zero-order valence-corrected chi connectivity index (χ0v) is 10.9. The molecule has 0 saturated carbocycles. The van der Waals surface area contributed by atoms with Gasteiger partial charge in [0.15, 0.2) is 0 Å². The summed E-state index contributed by atoms with van der Waals surface area (Å²) in [5.41, 5.74) is 2.66. The number of fused-ring (bicyclic) bond motifs is 1. The number of benzene rings is 1. The van der Waals surface area contributed by atoms with Crippen LogP contribution in [0.25, 0.3) is 10.9 Å². The first kappa shape index (κ1) is 11.8. The quantitative estimate of drug-likeness (QED) is 0.897. The van der Waals surface area contributed by atoms with Crippen molar-refractivity contribution in [1.29, 1.82) is 0 Å². The second-order valence-corrected chi connectivity index (χ2v) is 5.09. The Bertz CT molecular complexity index is 526. The summed E-state index contributed by atoms with van der Waals surface area (Å²) in [5, 5.41) is 4.94. The van der Waals surface area contributed by atoms with Crippen molar-refractivity contribution in [2.45, 2.75) is 25.4 Å². The fourth-order valence-electron chi connectivity index (χ4n) is 2.58. The van der Waals surface area contributed by atoms with E-state index in [1.165, 1.54) is 16.5 Å². The van der Waals surface area contributed by atoms with E-state index in [2.05, 4.69) is 47.4 Å². The van der Waals surface area contributed by atoms with E-state index in [1.807, 2.05) is 0 Å². The first-order chi connectivity index (χ1) is 8.83. The number of ether oxygens (including phenoxy) is 1. The predicted octanol–water partition coefficient (Wildman–Crippen LogP) is 2.45. The lowest BCUT2D eigenvalue weighted by molar-refractivity contribution is 0.0776. The van der Waals surface area contributed by atoms with Crippen LogP contribution in [0.1, 0.15) is 18.4 Å². The average Bonchev–Trinajstić information content (AvgIpc) is 2.79. The zero-order valence-electron chi connectivity index (χ0n) is 10.9. The first-order valence-electron chi connectivity index (χ1n) is 6.68. The molecule has 3 rings (SSSR count). The second-order valence-electron chi connectivity index (χ2n) is 5.09. The van der Waals surface area contributed by atoms with Gasteiger partial charge in [-0.05, 0) is 35.9 Å². The van der Waals surface area contributed by atoms with Crippen LogP contribution in [-0.2, 0) is 18.3 Å². The molecule has 2 heterocycles. The molecule has 1 aromatic carbocycles. The zero-order chi connectivity index (χ0) is 12.4. The Labute approximate surface area is 108 Å². The summed E-state index contributed by atoms with van der Waals surface area (Å²) in [6.45, 7) is 2.74. The van der Waals surface area contributed by atoms with Crippen molar-refractivity contribution in [2.24, 2.45) is 7.05 Å².